The highest BCUT2D eigenvalue weighted by atomic mass is 32.1. The number of aryl methyl sites for hydroxylation is 2. The van der Waals surface area contributed by atoms with Gasteiger partial charge in [0.05, 0.1) is 5.69 Å². The second-order valence-corrected chi connectivity index (χ2v) is 5.36. The molecule has 0 radical (unpaired) electrons. The van der Waals surface area contributed by atoms with E-state index in [0.717, 1.165) is 21.6 Å². The van der Waals surface area contributed by atoms with Gasteiger partial charge in [-0.25, -0.2) is 4.98 Å². The lowest BCUT2D eigenvalue weighted by Gasteiger charge is -2.09. The average molecular weight is 254 g/mol. The number of hydrogen-bond donors (Lipinski definition) is 1. The maximum absolute atomic E-state index is 6.08. The summed E-state index contributed by atoms with van der Waals surface area (Å²) in [5.41, 5.74) is 11.6. The van der Waals surface area contributed by atoms with E-state index in [9.17, 15) is 0 Å². The van der Waals surface area contributed by atoms with Crippen molar-refractivity contribution in [1.29, 1.82) is 0 Å². The van der Waals surface area contributed by atoms with Crippen LogP contribution in [0.1, 0.15) is 11.3 Å². The standard InChI is InChI=1S/C15H14N2S/c1-9-5-3-4-6-11(9)12-7-10(2)17-15-14(12)13(16)8-18-15/h3-8H,16H2,1-2H3. The maximum Gasteiger partial charge on any atom is 0.126 e. The van der Waals surface area contributed by atoms with E-state index in [1.165, 1.54) is 16.7 Å². The zero-order chi connectivity index (χ0) is 12.7. The number of pyridine rings is 1. The Kier molecular flexibility index (Phi) is 2.56. The molecule has 18 heavy (non-hydrogen) atoms. The molecule has 3 aromatic rings. The Morgan fingerprint density at radius 3 is 2.67 bits per heavy atom. The summed E-state index contributed by atoms with van der Waals surface area (Å²) in [4.78, 5) is 5.57. The molecule has 0 atom stereocenters. The fourth-order valence-electron chi connectivity index (χ4n) is 2.27. The molecule has 0 fully saturated rings. The van der Waals surface area contributed by atoms with E-state index in [0.29, 0.717) is 0 Å². The number of nitrogens with zero attached hydrogens (tertiary/aromatic N) is 1. The Hall–Kier alpha value is -1.87. The zero-order valence-electron chi connectivity index (χ0n) is 10.4. The number of aromatic nitrogens is 1. The molecule has 0 spiro atoms. The number of hydrogen-bond acceptors (Lipinski definition) is 3. The molecular formula is C15H14N2S. The number of benzene rings is 1. The lowest BCUT2D eigenvalue weighted by atomic mass is 9.98. The van der Waals surface area contributed by atoms with E-state index < -0.39 is 0 Å². The Morgan fingerprint density at radius 1 is 1.11 bits per heavy atom. The monoisotopic (exact) mass is 254 g/mol. The highest BCUT2D eigenvalue weighted by molar-refractivity contribution is 7.17. The third-order valence-electron chi connectivity index (χ3n) is 3.14. The van der Waals surface area contributed by atoms with Crippen LogP contribution in [0.25, 0.3) is 21.3 Å². The predicted octanol–water partition coefficient (Wildman–Crippen LogP) is 4.16. The van der Waals surface area contributed by atoms with Crippen molar-refractivity contribution in [2.45, 2.75) is 13.8 Å². The average Bonchev–Trinajstić information content (AvgIpc) is 2.71. The van der Waals surface area contributed by atoms with Crippen molar-refractivity contribution in [3.05, 3.63) is 47.0 Å². The fraction of sp³-hybridized carbons (Fsp3) is 0.133. The lowest BCUT2D eigenvalue weighted by Crippen LogP contribution is -1.90. The molecule has 3 rings (SSSR count). The summed E-state index contributed by atoms with van der Waals surface area (Å²) in [6.07, 6.45) is 0. The van der Waals surface area contributed by atoms with E-state index in [1.807, 2.05) is 12.3 Å². The third kappa shape index (κ3) is 1.68. The SMILES string of the molecule is Cc1cc(-c2ccccc2C)c2c(N)csc2n1. The van der Waals surface area contributed by atoms with E-state index >= 15 is 0 Å². The molecule has 2 nitrogen and oxygen atoms in total. The highest BCUT2D eigenvalue weighted by Crippen LogP contribution is 2.37. The first-order valence-electron chi connectivity index (χ1n) is 5.87. The molecule has 2 heterocycles. The molecule has 0 amide bonds. The Morgan fingerprint density at radius 2 is 1.89 bits per heavy atom. The van der Waals surface area contributed by atoms with Crippen LogP contribution in [0.15, 0.2) is 35.7 Å². The van der Waals surface area contributed by atoms with Gasteiger partial charge in [-0.15, -0.1) is 11.3 Å². The first kappa shape index (κ1) is 11.2. The van der Waals surface area contributed by atoms with Crippen LogP contribution in [0.4, 0.5) is 5.69 Å². The first-order chi connectivity index (χ1) is 8.66. The van der Waals surface area contributed by atoms with Crippen LogP contribution in [0.3, 0.4) is 0 Å². The molecular weight excluding hydrogens is 240 g/mol. The number of thiophene rings is 1. The van der Waals surface area contributed by atoms with Crippen LogP contribution < -0.4 is 5.73 Å². The van der Waals surface area contributed by atoms with Gasteiger partial charge in [0.25, 0.3) is 0 Å². The molecule has 0 aliphatic heterocycles. The molecule has 2 aromatic heterocycles. The van der Waals surface area contributed by atoms with Gasteiger partial charge >= 0.3 is 0 Å². The van der Waals surface area contributed by atoms with E-state index in [1.54, 1.807) is 11.3 Å². The highest BCUT2D eigenvalue weighted by Gasteiger charge is 2.12. The lowest BCUT2D eigenvalue weighted by molar-refractivity contribution is 1.27. The minimum atomic E-state index is 0.820. The van der Waals surface area contributed by atoms with Gasteiger partial charge in [0.2, 0.25) is 0 Å². The first-order valence-corrected chi connectivity index (χ1v) is 6.75. The topological polar surface area (TPSA) is 38.9 Å². The molecule has 2 N–H and O–H groups in total. The van der Waals surface area contributed by atoms with Crippen LogP contribution in [0, 0.1) is 13.8 Å². The molecule has 0 saturated heterocycles. The van der Waals surface area contributed by atoms with E-state index in [2.05, 4.69) is 42.2 Å². The van der Waals surface area contributed by atoms with Crippen LogP contribution in [0.2, 0.25) is 0 Å². The van der Waals surface area contributed by atoms with Gasteiger partial charge in [0.15, 0.2) is 0 Å². The van der Waals surface area contributed by atoms with Gasteiger partial charge in [-0.1, -0.05) is 24.3 Å². The number of rotatable bonds is 1. The van der Waals surface area contributed by atoms with Crippen molar-refractivity contribution < 1.29 is 0 Å². The largest absolute Gasteiger partial charge is 0.397 e. The molecule has 0 saturated carbocycles. The summed E-state index contributed by atoms with van der Waals surface area (Å²) < 4.78 is 0. The van der Waals surface area contributed by atoms with Crippen molar-refractivity contribution in [2.75, 3.05) is 5.73 Å². The van der Waals surface area contributed by atoms with Gasteiger partial charge in [-0.3, -0.25) is 0 Å². The van der Waals surface area contributed by atoms with Gasteiger partial charge in [0.1, 0.15) is 4.83 Å². The molecule has 3 heteroatoms. The second kappa shape index (κ2) is 4.10. The number of anilines is 1. The predicted molar refractivity (Wildman–Crippen MR) is 78.9 cm³/mol. The van der Waals surface area contributed by atoms with Crippen molar-refractivity contribution in [3.8, 4) is 11.1 Å². The molecule has 1 aromatic carbocycles. The fourth-order valence-corrected chi connectivity index (χ4v) is 3.17. The zero-order valence-corrected chi connectivity index (χ0v) is 11.2. The van der Waals surface area contributed by atoms with Crippen molar-refractivity contribution in [1.82, 2.24) is 4.98 Å². The molecule has 0 unspecified atom stereocenters. The normalized spacial score (nSPS) is 11.0. The summed E-state index contributed by atoms with van der Waals surface area (Å²) in [5.74, 6) is 0. The molecule has 90 valence electrons. The van der Waals surface area contributed by atoms with Crippen LogP contribution in [0.5, 0.6) is 0 Å². The summed E-state index contributed by atoms with van der Waals surface area (Å²) in [6, 6.07) is 10.5. The van der Waals surface area contributed by atoms with E-state index in [-0.39, 0.29) is 0 Å². The Labute approximate surface area is 110 Å². The third-order valence-corrected chi connectivity index (χ3v) is 4.03. The number of nitrogen functional groups attached to an aromatic ring is 1. The van der Waals surface area contributed by atoms with Crippen LogP contribution in [-0.2, 0) is 0 Å². The van der Waals surface area contributed by atoms with Crippen molar-refractivity contribution in [2.24, 2.45) is 0 Å². The van der Waals surface area contributed by atoms with Crippen molar-refractivity contribution in [3.63, 3.8) is 0 Å². The molecule has 0 aliphatic rings. The smallest absolute Gasteiger partial charge is 0.126 e. The minimum Gasteiger partial charge on any atom is -0.397 e. The van der Waals surface area contributed by atoms with Crippen molar-refractivity contribution >= 4 is 27.2 Å². The summed E-state index contributed by atoms with van der Waals surface area (Å²) in [7, 11) is 0. The summed E-state index contributed by atoms with van der Waals surface area (Å²) in [5, 5.41) is 3.05. The van der Waals surface area contributed by atoms with Gasteiger partial charge in [0, 0.05) is 16.5 Å². The second-order valence-electron chi connectivity index (χ2n) is 4.50. The van der Waals surface area contributed by atoms with Gasteiger partial charge in [-0.2, -0.15) is 0 Å². The Balaban J connectivity index is 2.41. The van der Waals surface area contributed by atoms with Crippen LogP contribution >= 0.6 is 11.3 Å². The molecule has 0 aliphatic carbocycles. The van der Waals surface area contributed by atoms with E-state index in [4.69, 9.17) is 5.73 Å². The minimum absolute atomic E-state index is 0.820. The quantitative estimate of drug-likeness (QED) is 0.708. The Bertz CT molecular complexity index is 728. The van der Waals surface area contributed by atoms with Gasteiger partial charge < -0.3 is 5.73 Å². The summed E-state index contributed by atoms with van der Waals surface area (Å²) >= 11 is 1.61. The number of nitrogens with two attached hydrogens (primary N) is 1. The summed E-state index contributed by atoms with van der Waals surface area (Å²) in [6.45, 7) is 4.15. The molecule has 0 bridgehead atoms. The number of fused-ring (bicyclic) bond motifs is 1. The van der Waals surface area contributed by atoms with Gasteiger partial charge in [-0.05, 0) is 36.6 Å². The maximum atomic E-state index is 6.08. The van der Waals surface area contributed by atoms with Crippen LogP contribution in [-0.4, -0.2) is 4.98 Å².